The quantitative estimate of drug-likeness (QED) is 0.794. The molecule has 0 saturated carbocycles. The number of hydrogen-bond donors (Lipinski definition) is 1. The number of aliphatic hydroxyl groups is 1. The highest BCUT2D eigenvalue weighted by Crippen LogP contribution is 2.26. The first kappa shape index (κ1) is 10.7. The van der Waals surface area contributed by atoms with Gasteiger partial charge in [0.25, 0.3) is 0 Å². The van der Waals surface area contributed by atoms with E-state index in [9.17, 15) is 5.11 Å². The van der Waals surface area contributed by atoms with Crippen LogP contribution in [0.5, 0.6) is 0 Å². The highest BCUT2D eigenvalue weighted by atomic mass is 16.3. The van der Waals surface area contributed by atoms with Gasteiger partial charge in [-0.3, -0.25) is 0 Å². The molecule has 0 saturated heterocycles. The van der Waals surface area contributed by atoms with Crippen molar-refractivity contribution in [1.82, 2.24) is 0 Å². The molecule has 1 rings (SSSR count). The monoisotopic (exact) mass is 189 g/mol. The minimum Gasteiger partial charge on any atom is -0.387 e. The normalized spacial score (nSPS) is 14.8. The number of nitrogens with zero attached hydrogens (tertiary/aromatic N) is 1. The van der Waals surface area contributed by atoms with Crippen molar-refractivity contribution in [3.8, 4) is 6.07 Å². The first-order valence-electron chi connectivity index (χ1n) is 4.79. The smallest absolute Gasteiger partial charge is 0.0950 e. The van der Waals surface area contributed by atoms with Crippen LogP contribution < -0.4 is 0 Å². The predicted molar refractivity (Wildman–Crippen MR) is 55.3 cm³/mol. The maximum Gasteiger partial charge on any atom is 0.0950 e. The summed E-state index contributed by atoms with van der Waals surface area (Å²) in [5.74, 6) is -0.174. The van der Waals surface area contributed by atoms with Crippen molar-refractivity contribution in [3.05, 3.63) is 35.9 Å². The van der Waals surface area contributed by atoms with E-state index in [1.165, 1.54) is 0 Å². The van der Waals surface area contributed by atoms with E-state index in [-0.39, 0.29) is 11.8 Å². The van der Waals surface area contributed by atoms with Crippen LogP contribution in [-0.2, 0) is 0 Å². The lowest BCUT2D eigenvalue weighted by molar-refractivity contribution is 0.112. The molecule has 74 valence electrons. The summed E-state index contributed by atoms with van der Waals surface area (Å²) in [5, 5.41) is 18.8. The molecular weight excluding hydrogens is 174 g/mol. The van der Waals surface area contributed by atoms with Crippen molar-refractivity contribution < 1.29 is 5.11 Å². The van der Waals surface area contributed by atoms with Gasteiger partial charge in [-0.15, -0.1) is 0 Å². The van der Waals surface area contributed by atoms with E-state index in [0.29, 0.717) is 0 Å². The molecule has 2 unspecified atom stereocenters. The molecule has 0 amide bonds. The first-order chi connectivity index (χ1) is 6.66. The zero-order chi connectivity index (χ0) is 10.6. The van der Waals surface area contributed by atoms with Gasteiger partial charge in [0.2, 0.25) is 0 Å². The van der Waals surface area contributed by atoms with E-state index in [0.717, 1.165) is 5.56 Å². The van der Waals surface area contributed by atoms with Crippen LogP contribution in [0, 0.1) is 23.2 Å². The van der Waals surface area contributed by atoms with Crippen LogP contribution in [0.25, 0.3) is 0 Å². The minimum atomic E-state index is -0.679. The largest absolute Gasteiger partial charge is 0.387 e. The third kappa shape index (κ3) is 2.34. The Morgan fingerprint density at radius 3 is 2.21 bits per heavy atom. The molecule has 2 heteroatoms. The fourth-order valence-electron chi connectivity index (χ4n) is 1.44. The van der Waals surface area contributed by atoms with Gasteiger partial charge in [-0.05, 0) is 11.5 Å². The number of aliphatic hydroxyl groups excluding tert-OH is 1. The molecule has 0 aliphatic carbocycles. The van der Waals surface area contributed by atoms with Crippen LogP contribution in [-0.4, -0.2) is 5.11 Å². The summed E-state index contributed by atoms with van der Waals surface area (Å²) < 4.78 is 0. The Morgan fingerprint density at radius 1 is 1.21 bits per heavy atom. The van der Waals surface area contributed by atoms with Gasteiger partial charge in [0.15, 0.2) is 0 Å². The van der Waals surface area contributed by atoms with E-state index < -0.39 is 6.10 Å². The van der Waals surface area contributed by atoms with Crippen LogP contribution in [0.2, 0.25) is 0 Å². The second-order valence-electron chi connectivity index (χ2n) is 3.75. The lowest BCUT2D eigenvalue weighted by Crippen LogP contribution is -2.16. The summed E-state index contributed by atoms with van der Waals surface area (Å²) in [6.07, 6.45) is -0.679. The average molecular weight is 189 g/mol. The van der Waals surface area contributed by atoms with E-state index >= 15 is 0 Å². The summed E-state index contributed by atoms with van der Waals surface area (Å²) in [5.41, 5.74) is 0.813. The Bertz CT molecular complexity index is 313. The predicted octanol–water partition coefficient (Wildman–Crippen LogP) is 2.52. The van der Waals surface area contributed by atoms with Gasteiger partial charge >= 0.3 is 0 Å². The van der Waals surface area contributed by atoms with Crippen LogP contribution in [0.4, 0.5) is 0 Å². The van der Waals surface area contributed by atoms with Crippen LogP contribution in [0.3, 0.4) is 0 Å². The summed E-state index contributed by atoms with van der Waals surface area (Å²) in [7, 11) is 0. The SMILES string of the molecule is CC(C)C(C#N)C(O)c1ccccc1. The van der Waals surface area contributed by atoms with Gasteiger partial charge in [0.1, 0.15) is 0 Å². The van der Waals surface area contributed by atoms with Crippen molar-refractivity contribution in [2.75, 3.05) is 0 Å². The lowest BCUT2D eigenvalue weighted by atomic mass is 9.88. The van der Waals surface area contributed by atoms with Crippen molar-refractivity contribution in [1.29, 1.82) is 5.26 Å². The van der Waals surface area contributed by atoms with Gasteiger partial charge in [0, 0.05) is 0 Å². The zero-order valence-electron chi connectivity index (χ0n) is 8.51. The molecule has 0 bridgehead atoms. The Kier molecular flexibility index (Phi) is 3.67. The van der Waals surface area contributed by atoms with Crippen molar-refractivity contribution >= 4 is 0 Å². The molecule has 1 aromatic carbocycles. The molecule has 1 aromatic rings. The maximum atomic E-state index is 9.93. The molecule has 1 N–H and O–H groups in total. The number of rotatable bonds is 3. The molecule has 14 heavy (non-hydrogen) atoms. The number of benzene rings is 1. The molecule has 0 heterocycles. The average Bonchev–Trinajstić information content (AvgIpc) is 2.19. The molecule has 0 aromatic heterocycles. The Balaban J connectivity index is 2.85. The molecule has 0 spiro atoms. The first-order valence-corrected chi connectivity index (χ1v) is 4.79. The fourth-order valence-corrected chi connectivity index (χ4v) is 1.44. The second kappa shape index (κ2) is 4.78. The number of hydrogen-bond acceptors (Lipinski definition) is 2. The van der Waals surface area contributed by atoms with E-state index in [1.807, 2.05) is 44.2 Å². The van der Waals surface area contributed by atoms with Crippen LogP contribution >= 0.6 is 0 Å². The highest BCUT2D eigenvalue weighted by Gasteiger charge is 2.23. The van der Waals surface area contributed by atoms with Crippen LogP contribution in [0.15, 0.2) is 30.3 Å². The fraction of sp³-hybridized carbons (Fsp3) is 0.417. The standard InChI is InChI=1S/C12H15NO/c1-9(2)11(8-13)12(14)10-6-4-3-5-7-10/h3-7,9,11-12,14H,1-2H3. The zero-order valence-corrected chi connectivity index (χ0v) is 8.51. The Labute approximate surface area is 84.8 Å². The van der Waals surface area contributed by atoms with Gasteiger partial charge in [0.05, 0.1) is 18.1 Å². The van der Waals surface area contributed by atoms with Gasteiger partial charge in [-0.25, -0.2) is 0 Å². The molecule has 0 radical (unpaired) electrons. The Morgan fingerprint density at radius 2 is 1.79 bits per heavy atom. The van der Waals surface area contributed by atoms with E-state index in [4.69, 9.17) is 5.26 Å². The number of nitriles is 1. The third-order valence-corrected chi connectivity index (χ3v) is 2.35. The van der Waals surface area contributed by atoms with Crippen molar-refractivity contribution in [3.63, 3.8) is 0 Å². The molecule has 0 fully saturated rings. The molecular formula is C12H15NO. The van der Waals surface area contributed by atoms with E-state index in [1.54, 1.807) is 0 Å². The lowest BCUT2D eigenvalue weighted by Gasteiger charge is -2.19. The summed E-state index contributed by atoms with van der Waals surface area (Å²) >= 11 is 0. The third-order valence-electron chi connectivity index (χ3n) is 2.35. The van der Waals surface area contributed by atoms with Crippen LogP contribution in [0.1, 0.15) is 25.5 Å². The summed E-state index contributed by atoms with van der Waals surface area (Å²) in [6.45, 7) is 3.89. The summed E-state index contributed by atoms with van der Waals surface area (Å²) in [4.78, 5) is 0. The van der Waals surface area contributed by atoms with Gasteiger partial charge in [-0.2, -0.15) is 5.26 Å². The molecule has 2 atom stereocenters. The second-order valence-corrected chi connectivity index (χ2v) is 3.75. The maximum absolute atomic E-state index is 9.93. The van der Waals surface area contributed by atoms with Crippen molar-refractivity contribution in [2.24, 2.45) is 11.8 Å². The topological polar surface area (TPSA) is 44.0 Å². The minimum absolute atomic E-state index is 0.162. The molecule has 0 aliphatic heterocycles. The molecule has 2 nitrogen and oxygen atoms in total. The van der Waals surface area contributed by atoms with Gasteiger partial charge in [-0.1, -0.05) is 44.2 Å². The highest BCUT2D eigenvalue weighted by molar-refractivity contribution is 5.19. The summed E-state index contributed by atoms with van der Waals surface area (Å²) in [6, 6.07) is 11.5. The molecule has 0 aliphatic rings. The Hall–Kier alpha value is -1.33. The van der Waals surface area contributed by atoms with Gasteiger partial charge < -0.3 is 5.11 Å². The van der Waals surface area contributed by atoms with E-state index in [2.05, 4.69) is 6.07 Å². The van der Waals surface area contributed by atoms with Crippen molar-refractivity contribution in [2.45, 2.75) is 20.0 Å².